The molecule has 1 aromatic rings. The predicted octanol–water partition coefficient (Wildman–Crippen LogP) is 3.37. The molecule has 0 N–H and O–H groups in total. The van der Waals surface area contributed by atoms with E-state index in [1.165, 1.54) is 19.3 Å². The summed E-state index contributed by atoms with van der Waals surface area (Å²) in [7, 11) is 0. The second-order valence-corrected chi connectivity index (χ2v) is 4.11. The summed E-state index contributed by atoms with van der Waals surface area (Å²) in [5.74, 6) is 0.878. The Balaban J connectivity index is 1.75. The van der Waals surface area contributed by atoms with Gasteiger partial charge in [-0.25, -0.2) is 0 Å². The number of ether oxygens (including phenoxy) is 2. The number of rotatable bonds is 5. The summed E-state index contributed by atoms with van der Waals surface area (Å²) in [4.78, 5) is 0. The van der Waals surface area contributed by atoms with Crippen LogP contribution in [0.25, 0.3) is 0 Å². The maximum Gasteiger partial charge on any atom is 0.189 e. The van der Waals surface area contributed by atoms with Crippen LogP contribution in [0.5, 0.6) is 5.75 Å². The highest BCUT2D eigenvalue weighted by Gasteiger charge is 2.36. The Kier molecular flexibility index (Phi) is 3.27. The Morgan fingerprint density at radius 1 is 1.20 bits per heavy atom. The topological polar surface area (TPSA) is 18.5 Å². The molecule has 82 valence electrons. The smallest absolute Gasteiger partial charge is 0.189 e. The van der Waals surface area contributed by atoms with Gasteiger partial charge in [-0.3, -0.25) is 0 Å². The van der Waals surface area contributed by atoms with Gasteiger partial charge in [0.1, 0.15) is 5.75 Å². The normalized spacial score (nSPS) is 18.2. The van der Waals surface area contributed by atoms with Gasteiger partial charge in [0.15, 0.2) is 6.79 Å². The maximum absolute atomic E-state index is 5.80. The van der Waals surface area contributed by atoms with Crippen LogP contribution in [-0.2, 0) is 4.74 Å². The van der Waals surface area contributed by atoms with Crippen LogP contribution >= 0.6 is 0 Å². The van der Waals surface area contributed by atoms with Crippen LogP contribution in [-0.4, -0.2) is 12.4 Å². The summed E-state index contributed by atoms with van der Waals surface area (Å²) in [5.41, 5.74) is 0.120. The molecule has 1 aromatic carbocycles. The van der Waals surface area contributed by atoms with E-state index in [1.807, 2.05) is 30.3 Å². The summed E-state index contributed by atoms with van der Waals surface area (Å²) in [6.07, 6.45) is 4.74. The van der Waals surface area contributed by atoms with Crippen LogP contribution in [0.4, 0.5) is 0 Å². The quantitative estimate of drug-likeness (QED) is 0.688. The summed E-state index contributed by atoms with van der Waals surface area (Å²) >= 11 is 0. The zero-order valence-electron chi connectivity index (χ0n) is 9.24. The van der Waals surface area contributed by atoms with E-state index >= 15 is 0 Å². The molecule has 2 nitrogen and oxygen atoms in total. The Morgan fingerprint density at radius 3 is 2.47 bits per heavy atom. The molecule has 0 unspecified atom stereocenters. The van der Waals surface area contributed by atoms with Gasteiger partial charge in [-0.05, 0) is 37.8 Å². The zero-order valence-corrected chi connectivity index (χ0v) is 9.24. The minimum absolute atomic E-state index is 0.120. The number of hydrogen-bond donors (Lipinski definition) is 0. The zero-order chi connectivity index (χ0) is 10.6. The van der Waals surface area contributed by atoms with Crippen LogP contribution in [0.1, 0.15) is 32.6 Å². The van der Waals surface area contributed by atoms with Gasteiger partial charge in [-0.1, -0.05) is 25.1 Å². The van der Waals surface area contributed by atoms with E-state index < -0.39 is 0 Å². The Morgan fingerprint density at radius 2 is 1.93 bits per heavy atom. The van der Waals surface area contributed by atoms with E-state index in [0.717, 1.165) is 12.2 Å². The first kappa shape index (κ1) is 10.5. The molecule has 0 amide bonds. The second kappa shape index (κ2) is 4.67. The highest BCUT2D eigenvalue weighted by molar-refractivity contribution is 5.20. The molecule has 1 aliphatic carbocycles. The highest BCUT2D eigenvalue weighted by atomic mass is 16.7. The molecule has 0 spiro atoms. The van der Waals surface area contributed by atoms with Crippen molar-refractivity contribution in [1.82, 2.24) is 0 Å². The molecule has 1 saturated carbocycles. The highest BCUT2D eigenvalue weighted by Crippen LogP contribution is 2.38. The van der Waals surface area contributed by atoms with Gasteiger partial charge >= 0.3 is 0 Å². The van der Waals surface area contributed by atoms with Crippen molar-refractivity contribution in [2.75, 3.05) is 6.79 Å². The lowest BCUT2D eigenvalue weighted by Crippen LogP contribution is -2.40. The van der Waals surface area contributed by atoms with Gasteiger partial charge in [-0.2, -0.15) is 0 Å². The third-order valence-corrected chi connectivity index (χ3v) is 3.24. The van der Waals surface area contributed by atoms with Crippen LogP contribution in [0, 0.1) is 0 Å². The monoisotopic (exact) mass is 206 g/mol. The van der Waals surface area contributed by atoms with E-state index in [9.17, 15) is 0 Å². The fourth-order valence-electron chi connectivity index (χ4n) is 1.91. The van der Waals surface area contributed by atoms with Gasteiger partial charge in [0.25, 0.3) is 0 Å². The standard InChI is InChI=1S/C13H18O2/c1-2-13(9-6-10-13)15-11-14-12-7-4-3-5-8-12/h3-5,7-8H,2,6,9-11H2,1H3. The molecule has 0 aliphatic heterocycles. The van der Waals surface area contributed by atoms with Crippen molar-refractivity contribution in [2.24, 2.45) is 0 Å². The molecule has 1 aliphatic rings. The van der Waals surface area contributed by atoms with E-state index in [1.54, 1.807) is 0 Å². The molecular formula is C13H18O2. The summed E-state index contributed by atoms with van der Waals surface area (Å²) < 4.78 is 11.3. The lowest BCUT2D eigenvalue weighted by atomic mass is 9.78. The Hall–Kier alpha value is -1.02. The van der Waals surface area contributed by atoms with Gasteiger partial charge in [0, 0.05) is 0 Å². The van der Waals surface area contributed by atoms with E-state index in [4.69, 9.17) is 9.47 Å². The Bertz CT molecular complexity index is 285. The number of hydrogen-bond acceptors (Lipinski definition) is 2. The van der Waals surface area contributed by atoms with E-state index in [-0.39, 0.29) is 5.60 Å². The molecule has 0 saturated heterocycles. The van der Waals surface area contributed by atoms with E-state index in [2.05, 4.69) is 6.92 Å². The molecule has 0 radical (unpaired) electrons. The lowest BCUT2D eigenvalue weighted by Gasteiger charge is -2.40. The van der Waals surface area contributed by atoms with Gasteiger partial charge in [0.2, 0.25) is 0 Å². The summed E-state index contributed by atoms with van der Waals surface area (Å²) in [6.45, 7) is 2.56. The van der Waals surface area contributed by atoms with Gasteiger partial charge in [0.05, 0.1) is 5.60 Å². The Labute approximate surface area is 91.2 Å². The summed E-state index contributed by atoms with van der Waals surface area (Å²) in [5, 5.41) is 0. The SMILES string of the molecule is CCC1(OCOc2ccccc2)CCC1. The van der Waals surface area contributed by atoms with Crippen molar-refractivity contribution in [3.63, 3.8) is 0 Å². The molecule has 0 atom stereocenters. The van der Waals surface area contributed by atoms with Crippen LogP contribution in [0.15, 0.2) is 30.3 Å². The molecular weight excluding hydrogens is 188 g/mol. The van der Waals surface area contributed by atoms with Crippen LogP contribution in [0.2, 0.25) is 0 Å². The van der Waals surface area contributed by atoms with Crippen molar-refractivity contribution < 1.29 is 9.47 Å². The van der Waals surface area contributed by atoms with Crippen molar-refractivity contribution >= 4 is 0 Å². The van der Waals surface area contributed by atoms with Gasteiger partial charge in [-0.15, -0.1) is 0 Å². The predicted molar refractivity (Wildman–Crippen MR) is 59.9 cm³/mol. The van der Waals surface area contributed by atoms with Crippen molar-refractivity contribution in [1.29, 1.82) is 0 Å². The fourth-order valence-corrected chi connectivity index (χ4v) is 1.91. The molecule has 0 heterocycles. The minimum Gasteiger partial charge on any atom is -0.468 e. The molecule has 0 bridgehead atoms. The molecule has 2 rings (SSSR count). The minimum atomic E-state index is 0.120. The van der Waals surface area contributed by atoms with Crippen molar-refractivity contribution in [3.8, 4) is 5.75 Å². The third-order valence-electron chi connectivity index (χ3n) is 3.24. The average molecular weight is 206 g/mol. The van der Waals surface area contributed by atoms with Crippen molar-refractivity contribution in [2.45, 2.75) is 38.2 Å². The van der Waals surface area contributed by atoms with Crippen molar-refractivity contribution in [3.05, 3.63) is 30.3 Å². The van der Waals surface area contributed by atoms with E-state index in [0.29, 0.717) is 6.79 Å². The molecule has 15 heavy (non-hydrogen) atoms. The largest absolute Gasteiger partial charge is 0.468 e. The maximum atomic E-state index is 5.80. The first-order valence-electron chi connectivity index (χ1n) is 5.66. The fraction of sp³-hybridized carbons (Fsp3) is 0.538. The molecule has 2 heteroatoms. The lowest BCUT2D eigenvalue weighted by molar-refractivity contribution is -0.147. The van der Waals surface area contributed by atoms with Gasteiger partial charge < -0.3 is 9.47 Å². The molecule has 1 fully saturated rings. The molecule has 0 aromatic heterocycles. The number of para-hydroxylation sites is 1. The number of benzene rings is 1. The third kappa shape index (κ3) is 2.51. The second-order valence-electron chi connectivity index (χ2n) is 4.11. The van der Waals surface area contributed by atoms with Crippen LogP contribution in [0.3, 0.4) is 0 Å². The first-order valence-corrected chi connectivity index (χ1v) is 5.66. The summed E-state index contributed by atoms with van der Waals surface area (Å²) in [6, 6.07) is 9.81. The average Bonchev–Trinajstić information content (AvgIpc) is 2.24. The first-order chi connectivity index (χ1) is 7.35. The van der Waals surface area contributed by atoms with Crippen LogP contribution < -0.4 is 4.74 Å².